The minimum absolute atomic E-state index is 0.0929. The lowest BCUT2D eigenvalue weighted by atomic mass is 10.2. The molecular weight excluding hydrogens is 252 g/mol. The van der Waals surface area contributed by atoms with Gasteiger partial charge in [-0.05, 0) is 45.4 Å². The maximum Gasteiger partial charge on any atom is 0.211 e. The number of nitrogens with zero attached hydrogens (tertiary/aromatic N) is 1. The Bertz CT molecular complexity index is 532. The average Bonchev–Trinajstić information content (AvgIpc) is 2.84. The van der Waals surface area contributed by atoms with Crippen molar-refractivity contribution in [3.8, 4) is 5.75 Å². The van der Waals surface area contributed by atoms with Crippen LogP contribution in [0.3, 0.4) is 0 Å². The number of nitrogens with one attached hydrogen (secondary N) is 1. The molecule has 1 heterocycles. The van der Waals surface area contributed by atoms with Crippen molar-refractivity contribution in [2.45, 2.75) is 46.4 Å². The van der Waals surface area contributed by atoms with Gasteiger partial charge in [-0.25, -0.2) is 4.98 Å². The zero-order chi connectivity index (χ0) is 14.5. The number of benzene rings is 1. The van der Waals surface area contributed by atoms with Crippen LogP contribution in [-0.2, 0) is 6.54 Å². The second-order valence-electron chi connectivity index (χ2n) is 5.22. The number of oxazole rings is 1. The van der Waals surface area contributed by atoms with Gasteiger partial charge in [-0.2, -0.15) is 0 Å². The van der Waals surface area contributed by atoms with E-state index in [9.17, 15) is 0 Å². The van der Waals surface area contributed by atoms with Gasteiger partial charge in [-0.1, -0.05) is 12.1 Å². The molecule has 1 N–H and O–H groups in total. The molecule has 2 aromatic rings. The van der Waals surface area contributed by atoms with Crippen LogP contribution in [0.5, 0.6) is 5.75 Å². The predicted octanol–water partition coefficient (Wildman–Crippen LogP) is 3.62. The Kier molecular flexibility index (Phi) is 4.79. The minimum Gasteiger partial charge on any atom is -0.491 e. The summed E-state index contributed by atoms with van der Waals surface area (Å²) in [5.74, 6) is 2.46. The summed E-state index contributed by atoms with van der Waals surface area (Å²) in [5.41, 5.74) is 1.20. The first-order valence-corrected chi connectivity index (χ1v) is 6.96. The van der Waals surface area contributed by atoms with Gasteiger partial charge in [0.2, 0.25) is 5.89 Å². The lowest BCUT2D eigenvalue weighted by molar-refractivity contribution is 0.242. The smallest absolute Gasteiger partial charge is 0.211 e. The van der Waals surface area contributed by atoms with Gasteiger partial charge in [-0.15, -0.1) is 0 Å². The van der Waals surface area contributed by atoms with Crippen LogP contribution in [0.2, 0.25) is 0 Å². The third-order valence-electron chi connectivity index (χ3n) is 2.92. The second kappa shape index (κ2) is 6.57. The van der Waals surface area contributed by atoms with Crippen LogP contribution in [0.1, 0.15) is 44.0 Å². The molecule has 1 atom stereocenters. The van der Waals surface area contributed by atoms with Gasteiger partial charge in [0.25, 0.3) is 0 Å². The largest absolute Gasteiger partial charge is 0.491 e. The van der Waals surface area contributed by atoms with Crippen LogP contribution in [0.4, 0.5) is 0 Å². The van der Waals surface area contributed by atoms with Crippen molar-refractivity contribution in [1.29, 1.82) is 0 Å². The van der Waals surface area contributed by atoms with E-state index in [0.717, 1.165) is 23.9 Å². The highest BCUT2D eigenvalue weighted by atomic mass is 16.5. The Morgan fingerprint density at radius 2 is 1.90 bits per heavy atom. The quantitative estimate of drug-likeness (QED) is 0.874. The normalized spacial score (nSPS) is 12.7. The van der Waals surface area contributed by atoms with Crippen LogP contribution in [0.15, 0.2) is 34.9 Å². The van der Waals surface area contributed by atoms with Gasteiger partial charge in [0.1, 0.15) is 11.5 Å². The monoisotopic (exact) mass is 274 g/mol. The second-order valence-corrected chi connectivity index (χ2v) is 5.22. The molecule has 0 aliphatic carbocycles. The van der Waals surface area contributed by atoms with Crippen LogP contribution in [-0.4, -0.2) is 11.1 Å². The number of rotatable bonds is 6. The fourth-order valence-corrected chi connectivity index (χ4v) is 1.89. The van der Waals surface area contributed by atoms with Crippen molar-refractivity contribution < 1.29 is 9.15 Å². The Morgan fingerprint density at radius 1 is 1.20 bits per heavy atom. The molecular formula is C16H22N2O2. The number of hydrogen-bond donors (Lipinski definition) is 1. The molecule has 20 heavy (non-hydrogen) atoms. The minimum atomic E-state index is 0.0929. The number of ether oxygens (including phenoxy) is 1. The van der Waals surface area contributed by atoms with Crippen LogP contribution >= 0.6 is 0 Å². The van der Waals surface area contributed by atoms with Crippen LogP contribution in [0.25, 0.3) is 0 Å². The molecule has 108 valence electrons. The summed E-state index contributed by atoms with van der Waals surface area (Å²) in [4.78, 5) is 4.23. The molecule has 0 spiro atoms. The van der Waals surface area contributed by atoms with Crippen molar-refractivity contribution in [2.75, 3.05) is 0 Å². The maximum absolute atomic E-state index is 5.62. The highest BCUT2D eigenvalue weighted by Crippen LogP contribution is 2.16. The van der Waals surface area contributed by atoms with E-state index < -0.39 is 0 Å². The number of aromatic nitrogens is 1. The lowest BCUT2D eigenvalue weighted by Gasteiger charge is -2.12. The van der Waals surface area contributed by atoms with E-state index in [2.05, 4.69) is 22.4 Å². The first-order chi connectivity index (χ1) is 9.54. The highest BCUT2D eigenvalue weighted by Gasteiger charge is 2.10. The van der Waals surface area contributed by atoms with Crippen LogP contribution < -0.4 is 10.1 Å². The lowest BCUT2D eigenvalue weighted by Crippen LogP contribution is -2.18. The molecule has 0 bridgehead atoms. The van der Waals surface area contributed by atoms with Gasteiger partial charge in [0.15, 0.2) is 0 Å². The SMILES string of the molecule is Cc1cnc(C(C)NCc2ccc(OC(C)C)cc2)o1. The Morgan fingerprint density at radius 3 is 2.45 bits per heavy atom. The zero-order valence-corrected chi connectivity index (χ0v) is 12.5. The fraction of sp³-hybridized carbons (Fsp3) is 0.438. The predicted molar refractivity (Wildman–Crippen MR) is 78.7 cm³/mol. The first-order valence-electron chi connectivity index (χ1n) is 6.96. The van der Waals surface area contributed by atoms with Gasteiger partial charge in [-0.3, -0.25) is 0 Å². The van der Waals surface area contributed by atoms with E-state index in [1.807, 2.05) is 39.8 Å². The number of hydrogen-bond acceptors (Lipinski definition) is 4. The van der Waals surface area contributed by atoms with Gasteiger partial charge in [0.05, 0.1) is 18.3 Å². The molecule has 0 aliphatic rings. The van der Waals surface area contributed by atoms with Crippen molar-refractivity contribution >= 4 is 0 Å². The van der Waals surface area contributed by atoms with Crippen molar-refractivity contribution in [3.05, 3.63) is 47.7 Å². The first kappa shape index (κ1) is 14.6. The molecule has 0 radical (unpaired) electrons. The molecule has 1 aromatic carbocycles. The molecule has 4 heteroatoms. The Labute approximate surface area is 120 Å². The Balaban J connectivity index is 1.87. The molecule has 0 amide bonds. The molecule has 0 saturated carbocycles. The molecule has 1 aromatic heterocycles. The summed E-state index contributed by atoms with van der Waals surface area (Å²) >= 11 is 0. The molecule has 4 nitrogen and oxygen atoms in total. The zero-order valence-electron chi connectivity index (χ0n) is 12.5. The third-order valence-corrected chi connectivity index (χ3v) is 2.92. The van der Waals surface area contributed by atoms with Gasteiger partial charge in [0, 0.05) is 6.54 Å². The summed E-state index contributed by atoms with van der Waals surface area (Å²) in [6.45, 7) is 8.76. The van der Waals surface area contributed by atoms with E-state index >= 15 is 0 Å². The molecule has 0 saturated heterocycles. The molecule has 0 fully saturated rings. The standard InChI is InChI=1S/C16H22N2O2/c1-11(2)19-15-7-5-14(6-8-15)10-17-13(4)16-18-9-12(3)20-16/h5-9,11,13,17H,10H2,1-4H3. The average molecular weight is 274 g/mol. The highest BCUT2D eigenvalue weighted by molar-refractivity contribution is 5.27. The van der Waals surface area contributed by atoms with Crippen molar-refractivity contribution in [1.82, 2.24) is 10.3 Å². The fourth-order valence-electron chi connectivity index (χ4n) is 1.89. The topological polar surface area (TPSA) is 47.3 Å². The summed E-state index contributed by atoms with van der Waals surface area (Å²) in [7, 11) is 0. The van der Waals surface area contributed by atoms with E-state index in [1.165, 1.54) is 5.56 Å². The molecule has 2 rings (SSSR count). The van der Waals surface area contributed by atoms with Gasteiger partial charge >= 0.3 is 0 Å². The summed E-state index contributed by atoms with van der Waals surface area (Å²) in [5, 5.41) is 3.39. The van der Waals surface area contributed by atoms with E-state index in [4.69, 9.17) is 9.15 Å². The Hall–Kier alpha value is -1.81. The summed E-state index contributed by atoms with van der Waals surface area (Å²) < 4.78 is 11.1. The van der Waals surface area contributed by atoms with Crippen molar-refractivity contribution in [2.24, 2.45) is 0 Å². The maximum atomic E-state index is 5.62. The van der Waals surface area contributed by atoms with E-state index in [-0.39, 0.29) is 12.1 Å². The van der Waals surface area contributed by atoms with Crippen molar-refractivity contribution in [3.63, 3.8) is 0 Å². The van der Waals surface area contributed by atoms with E-state index in [1.54, 1.807) is 6.20 Å². The molecule has 1 unspecified atom stereocenters. The van der Waals surface area contributed by atoms with Crippen LogP contribution in [0, 0.1) is 6.92 Å². The van der Waals surface area contributed by atoms with Gasteiger partial charge < -0.3 is 14.5 Å². The molecule has 0 aliphatic heterocycles. The van der Waals surface area contributed by atoms with E-state index in [0.29, 0.717) is 0 Å². The third kappa shape index (κ3) is 4.10. The summed E-state index contributed by atoms with van der Waals surface area (Å²) in [6, 6.07) is 8.22. The number of aryl methyl sites for hydroxylation is 1. The summed E-state index contributed by atoms with van der Waals surface area (Å²) in [6.07, 6.45) is 1.94.